The molecule has 0 aliphatic rings. The second-order valence-corrected chi connectivity index (χ2v) is 5.66. The lowest BCUT2D eigenvalue weighted by Gasteiger charge is -2.05. The third-order valence-corrected chi connectivity index (χ3v) is 3.48. The van der Waals surface area contributed by atoms with Gasteiger partial charge in [0.1, 0.15) is 13.2 Å². The molecule has 1 aromatic heterocycles. The van der Waals surface area contributed by atoms with Gasteiger partial charge in [0.15, 0.2) is 0 Å². The van der Waals surface area contributed by atoms with Crippen LogP contribution in [0.2, 0.25) is 0 Å². The molecule has 2 rings (SSSR count). The molecule has 144 valence electrons. The molecule has 0 saturated carbocycles. The highest BCUT2D eigenvalue weighted by Crippen LogP contribution is 2.18. The van der Waals surface area contributed by atoms with Crippen molar-refractivity contribution in [1.82, 2.24) is 10.1 Å². The molecule has 0 bridgehead atoms. The summed E-state index contributed by atoms with van der Waals surface area (Å²) in [5.41, 5.74) is 0.598. The molecule has 0 atom stereocenters. The highest BCUT2D eigenvalue weighted by atomic mass is 35.5. The molecule has 0 aliphatic carbocycles. The van der Waals surface area contributed by atoms with Crippen molar-refractivity contribution in [3.8, 4) is 11.4 Å². The van der Waals surface area contributed by atoms with Crippen LogP contribution in [0.5, 0.6) is 0 Å². The van der Waals surface area contributed by atoms with E-state index in [-0.39, 0.29) is 55.6 Å². The maximum atomic E-state index is 11.6. The second kappa shape index (κ2) is 10.3. The lowest BCUT2D eigenvalue weighted by Crippen LogP contribution is -2.14. The molecule has 0 spiro atoms. The highest BCUT2D eigenvalue weighted by Gasteiger charge is 2.13. The molecule has 1 aromatic carbocycles. The van der Waals surface area contributed by atoms with Crippen LogP contribution in [0, 0.1) is 0 Å². The standard InChI is InChI=1S/C17H17ClN2O7/c18-7-6-15(22)26-9-8-25-14(21)5-4-13-19-16(20-27-13)11-2-1-3-12(10-11)17(23)24/h1-3,10H,4-9H2,(H,23,24). The normalized spacial score (nSPS) is 10.4. The van der Waals surface area contributed by atoms with Crippen LogP contribution in [-0.2, 0) is 25.5 Å². The Bertz CT molecular complexity index is 806. The fraction of sp³-hybridized carbons (Fsp3) is 0.353. The van der Waals surface area contributed by atoms with Crippen LogP contribution in [0.4, 0.5) is 0 Å². The zero-order valence-electron chi connectivity index (χ0n) is 14.2. The molecular weight excluding hydrogens is 380 g/mol. The molecule has 0 fully saturated rings. The first kappa shape index (κ1) is 20.4. The largest absolute Gasteiger partial charge is 0.478 e. The van der Waals surface area contributed by atoms with Gasteiger partial charge >= 0.3 is 17.9 Å². The maximum Gasteiger partial charge on any atom is 0.335 e. The summed E-state index contributed by atoms with van der Waals surface area (Å²) in [4.78, 5) is 37.8. The van der Waals surface area contributed by atoms with Gasteiger partial charge in [0, 0.05) is 17.9 Å². The molecule has 1 N–H and O–H groups in total. The fourth-order valence-electron chi connectivity index (χ4n) is 2.01. The summed E-state index contributed by atoms with van der Waals surface area (Å²) in [6.45, 7) is -0.0873. The summed E-state index contributed by atoms with van der Waals surface area (Å²) in [5, 5.41) is 12.8. The summed E-state index contributed by atoms with van der Waals surface area (Å²) in [6, 6.07) is 6.11. The lowest BCUT2D eigenvalue weighted by molar-refractivity contribution is -0.152. The first-order valence-electron chi connectivity index (χ1n) is 8.03. The number of carbonyl (C=O) groups excluding carboxylic acids is 2. The molecule has 2 aromatic rings. The molecule has 10 heteroatoms. The smallest absolute Gasteiger partial charge is 0.335 e. The Labute approximate surface area is 159 Å². The van der Waals surface area contributed by atoms with E-state index in [4.69, 9.17) is 30.7 Å². The van der Waals surface area contributed by atoms with Gasteiger partial charge in [0.2, 0.25) is 11.7 Å². The Morgan fingerprint density at radius 2 is 1.81 bits per heavy atom. The van der Waals surface area contributed by atoms with Crippen LogP contribution in [0.3, 0.4) is 0 Å². The van der Waals surface area contributed by atoms with Gasteiger partial charge in [0.05, 0.1) is 18.4 Å². The van der Waals surface area contributed by atoms with E-state index in [1.54, 1.807) is 12.1 Å². The van der Waals surface area contributed by atoms with Gasteiger partial charge in [-0.1, -0.05) is 17.3 Å². The van der Waals surface area contributed by atoms with Gasteiger partial charge < -0.3 is 19.1 Å². The van der Waals surface area contributed by atoms with Gasteiger partial charge in [0.25, 0.3) is 0 Å². The maximum absolute atomic E-state index is 11.6. The van der Waals surface area contributed by atoms with Crippen molar-refractivity contribution in [1.29, 1.82) is 0 Å². The van der Waals surface area contributed by atoms with E-state index >= 15 is 0 Å². The Hall–Kier alpha value is -2.94. The zero-order chi connectivity index (χ0) is 19.6. The van der Waals surface area contributed by atoms with E-state index in [1.807, 2.05) is 0 Å². The molecule has 0 radical (unpaired) electrons. The number of aromatic nitrogens is 2. The Balaban J connectivity index is 1.77. The summed E-state index contributed by atoms with van der Waals surface area (Å²) >= 11 is 5.39. The number of benzene rings is 1. The summed E-state index contributed by atoms with van der Waals surface area (Å²) in [6.07, 6.45) is 0.271. The Morgan fingerprint density at radius 1 is 1.11 bits per heavy atom. The number of carboxylic acid groups (broad SMARTS) is 1. The Kier molecular flexibility index (Phi) is 7.75. The van der Waals surface area contributed by atoms with Crippen LogP contribution in [0.25, 0.3) is 11.4 Å². The van der Waals surface area contributed by atoms with E-state index in [9.17, 15) is 14.4 Å². The fourth-order valence-corrected chi connectivity index (χ4v) is 2.16. The van der Waals surface area contributed by atoms with Gasteiger partial charge in [-0.2, -0.15) is 4.98 Å². The van der Waals surface area contributed by atoms with Crippen LogP contribution in [0.1, 0.15) is 29.1 Å². The van der Waals surface area contributed by atoms with Gasteiger partial charge in [-0.15, -0.1) is 11.6 Å². The number of nitrogens with zero attached hydrogens (tertiary/aromatic N) is 2. The van der Waals surface area contributed by atoms with E-state index in [0.29, 0.717) is 5.56 Å². The summed E-state index contributed by atoms with van der Waals surface area (Å²) in [5.74, 6) is -1.39. The monoisotopic (exact) mass is 396 g/mol. The first-order chi connectivity index (χ1) is 13.0. The van der Waals surface area contributed by atoms with Crippen molar-refractivity contribution in [2.45, 2.75) is 19.3 Å². The molecular formula is C17H17ClN2O7. The van der Waals surface area contributed by atoms with Crippen molar-refractivity contribution in [2.75, 3.05) is 19.1 Å². The van der Waals surface area contributed by atoms with E-state index in [2.05, 4.69) is 10.1 Å². The van der Waals surface area contributed by atoms with Crippen molar-refractivity contribution in [3.05, 3.63) is 35.7 Å². The lowest BCUT2D eigenvalue weighted by atomic mass is 10.1. The van der Waals surface area contributed by atoms with Crippen LogP contribution in [-0.4, -0.2) is 52.2 Å². The third kappa shape index (κ3) is 6.70. The molecule has 0 unspecified atom stereocenters. The van der Waals surface area contributed by atoms with Crippen LogP contribution >= 0.6 is 11.6 Å². The zero-order valence-corrected chi connectivity index (χ0v) is 15.0. The molecule has 9 nitrogen and oxygen atoms in total. The molecule has 0 saturated heterocycles. The number of aromatic carboxylic acids is 1. The summed E-state index contributed by atoms with van der Waals surface area (Å²) < 4.78 is 14.8. The number of esters is 2. The van der Waals surface area contributed by atoms with E-state index in [1.165, 1.54) is 12.1 Å². The molecule has 0 amide bonds. The number of carboxylic acids is 1. The van der Waals surface area contributed by atoms with Gasteiger partial charge in [-0.3, -0.25) is 9.59 Å². The summed E-state index contributed by atoms with van der Waals surface area (Å²) in [7, 11) is 0. The number of ether oxygens (including phenoxy) is 2. The second-order valence-electron chi connectivity index (χ2n) is 5.28. The van der Waals surface area contributed by atoms with Crippen molar-refractivity contribution in [2.24, 2.45) is 0 Å². The number of hydrogen-bond donors (Lipinski definition) is 1. The predicted octanol–water partition coefficient (Wildman–Crippen LogP) is 2.08. The number of halogens is 1. The average molecular weight is 397 g/mol. The number of hydrogen-bond acceptors (Lipinski definition) is 8. The number of aryl methyl sites for hydroxylation is 1. The molecule has 1 heterocycles. The number of alkyl halides is 1. The number of carbonyl (C=O) groups is 3. The molecule has 0 aliphatic heterocycles. The first-order valence-corrected chi connectivity index (χ1v) is 8.56. The number of rotatable bonds is 10. The van der Waals surface area contributed by atoms with Gasteiger partial charge in [-0.05, 0) is 12.1 Å². The van der Waals surface area contributed by atoms with Gasteiger partial charge in [-0.25, -0.2) is 4.79 Å². The minimum Gasteiger partial charge on any atom is -0.478 e. The van der Waals surface area contributed by atoms with E-state index in [0.717, 1.165) is 0 Å². The minimum atomic E-state index is -1.06. The van der Waals surface area contributed by atoms with Crippen molar-refractivity contribution >= 4 is 29.5 Å². The predicted molar refractivity (Wildman–Crippen MR) is 92.3 cm³/mol. The van der Waals surface area contributed by atoms with E-state index < -0.39 is 17.9 Å². The molecule has 27 heavy (non-hydrogen) atoms. The topological polar surface area (TPSA) is 129 Å². The quantitative estimate of drug-likeness (QED) is 0.364. The van der Waals surface area contributed by atoms with Crippen LogP contribution < -0.4 is 0 Å². The SMILES string of the molecule is O=C(CCCl)OCCOC(=O)CCc1nc(-c2cccc(C(=O)O)c2)no1. The average Bonchev–Trinajstić information content (AvgIpc) is 3.13. The van der Waals surface area contributed by atoms with Crippen LogP contribution in [0.15, 0.2) is 28.8 Å². The Morgan fingerprint density at radius 3 is 2.48 bits per heavy atom. The third-order valence-electron chi connectivity index (χ3n) is 3.29. The van der Waals surface area contributed by atoms with Crippen molar-refractivity contribution < 1.29 is 33.5 Å². The highest BCUT2D eigenvalue weighted by molar-refractivity contribution is 6.18. The minimum absolute atomic E-state index is 0.00637. The van der Waals surface area contributed by atoms with Crippen molar-refractivity contribution in [3.63, 3.8) is 0 Å².